The fraction of sp³-hybridized carbons (Fsp3) is 0.385. The van der Waals surface area contributed by atoms with E-state index in [4.69, 9.17) is 0 Å². The lowest BCUT2D eigenvalue weighted by molar-refractivity contribution is -0.122. The van der Waals surface area contributed by atoms with Crippen molar-refractivity contribution in [3.63, 3.8) is 0 Å². The van der Waals surface area contributed by atoms with Crippen LogP contribution in [0.2, 0.25) is 0 Å². The number of rotatable bonds is 5. The highest BCUT2D eigenvalue weighted by atomic mass is 19.1. The summed E-state index contributed by atoms with van der Waals surface area (Å²) < 4.78 is 12.7. The monoisotopic (exact) mass is 267 g/mol. The summed E-state index contributed by atoms with van der Waals surface area (Å²) in [6.07, 6.45) is 0.834. The molecule has 0 saturated heterocycles. The normalized spacial score (nSPS) is 11.5. The molecule has 104 valence electrons. The predicted octanol–water partition coefficient (Wildman–Crippen LogP) is 1.86. The Bertz CT molecular complexity index is 434. The lowest BCUT2D eigenvalue weighted by atomic mass is 10.3. The zero-order valence-electron chi connectivity index (χ0n) is 11.0. The summed E-state index contributed by atoms with van der Waals surface area (Å²) in [5.41, 5.74) is 0.458. The van der Waals surface area contributed by atoms with E-state index in [1.54, 1.807) is 6.92 Å². The van der Waals surface area contributed by atoms with Crippen LogP contribution >= 0.6 is 0 Å². The van der Waals surface area contributed by atoms with Crippen LogP contribution in [0.15, 0.2) is 24.3 Å². The Morgan fingerprint density at radius 3 is 2.47 bits per heavy atom. The van der Waals surface area contributed by atoms with E-state index in [1.165, 1.54) is 24.3 Å². The maximum atomic E-state index is 12.7. The molecule has 0 radical (unpaired) electrons. The smallest absolute Gasteiger partial charge is 0.319 e. The van der Waals surface area contributed by atoms with Crippen LogP contribution in [0.5, 0.6) is 0 Å². The molecule has 0 bridgehead atoms. The molecule has 0 heterocycles. The molecule has 6 heteroatoms. The van der Waals surface area contributed by atoms with Gasteiger partial charge in [0.25, 0.3) is 0 Å². The van der Waals surface area contributed by atoms with Gasteiger partial charge in [0, 0.05) is 12.2 Å². The summed E-state index contributed by atoms with van der Waals surface area (Å²) in [5, 5.41) is 7.69. The molecule has 3 amide bonds. The summed E-state index contributed by atoms with van der Waals surface area (Å²) in [6.45, 7) is 4.11. The molecule has 1 aromatic rings. The highest BCUT2D eigenvalue weighted by molar-refractivity contribution is 5.93. The number of amides is 3. The van der Waals surface area contributed by atoms with Crippen molar-refractivity contribution in [1.29, 1.82) is 0 Å². The van der Waals surface area contributed by atoms with Crippen molar-refractivity contribution < 1.29 is 14.0 Å². The van der Waals surface area contributed by atoms with Crippen molar-refractivity contribution >= 4 is 17.6 Å². The fourth-order valence-corrected chi connectivity index (χ4v) is 1.36. The highest BCUT2D eigenvalue weighted by Crippen LogP contribution is 2.07. The predicted molar refractivity (Wildman–Crippen MR) is 71.3 cm³/mol. The third kappa shape index (κ3) is 5.37. The van der Waals surface area contributed by atoms with Crippen LogP contribution in [0, 0.1) is 5.82 Å². The topological polar surface area (TPSA) is 70.2 Å². The lowest BCUT2D eigenvalue weighted by Gasteiger charge is -2.14. The van der Waals surface area contributed by atoms with Crippen LogP contribution in [0.25, 0.3) is 0 Å². The first-order valence-corrected chi connectivity index (χ1v) is 6.13. The van der Waals surface area contributed by atoms with Gasteiger partial charge in [-0.1, -0.05) is 6.92 Å². The van der Waals surface area contributed by atoms with Gasteiger partial charge in [0.1, 0.15) is 11.9 Å². The van der Waals surface area contributed by atoms with Crippen molar-refractivity contribution in [2.75, 3.05) is 11.9 Å². The third-order valence-corrected chi connectivity index (χ3v) is 2.39. The first kappa shape index (κ1) is 14.9. The molecule has 19 heavy (non-hydrogen) atoms. The number of hydrogen-bond donors (Lipinski definition) is 3. The number of hydrogen-bond acceptors (Lipinski definition) is 2. The SMILES string of the molecule is CCCNC(=O)[C@H](C)NC(=O)Nc1ccc(F)cc1. The summed E-state index contributed by atoms with van der Waals surface area (Å²) in [7, 11) is 0. The van der Waals surface area contributed by atoms with Crippen LogP contribution < -0.4 is 16.0 Å². The van der Waals surface area contributed by atoms with Gasteiger partial charge in [0.05, 0.1) is 0 Å². The average Bonchev–Trinajstić information content (AvgIpc) is 2.38. The van der Waals surface area contributed by atoms with E-state index in [0.717, 1.165) is 6.42 Å². The maximum Gasteiger partial charge on any atom is 0.319 e. The maximum absolute atomic E-state index is 12.7. The van der Waals surface area contributed by atoms with Crippen molar-refractivity contribution in [2.24, 2.45) is 0 Å². The summed E-state index contributed by atoms with van der Waals surface area (Å²) in [4.78, 5) is 23.1. The Labute approximate surface area is 111 Å². The molecule has 3 N–H and O–H groups in total. The molecule has 0 fully saturated rings. The average molecular weight is 267 g/mol. The van der Waals surface area contributed by atoms with Gasteiger partial charge in [0.15, 0.2) is 0 Å². The summed E-state index contributed by atoms with van der Waals surface area (Å²) in [6, 6.07) is 4.23. The zero-order valence-corrected chi connectivity index (χ0v) is 11.0. The van der Waals surface area contributed by atoms with E-state index < -0.39 is 12.1 Å². The van der Waals surface area contributed by atoms with Gasteiger partial charge in [-0.2, -0.15) is 0 Å². The summed E-state index contributed by atoms with van der Waals surface area (Å²) >= 11 is 0. The second-order valence-electron chi connectivity index (χ2n) is 4.12. The van der Waals surface area contributed by atoms with Gasteiger partial charge in [-0.15, -0.1) is 0 Å². The number of carbonyl (C=O) groups excluding carboxylic acids is 2. The minimum Gasteiger partial charge on any atom is -0.354 e. The molecule has 1 aromatic carbocycles. The second kappa shape index (κ2) is 7.35. The van der Waals surface area contributed by atoms with Gasteiger partial charge in [-0.25, -0.2) is 9.18 Å². The van der Waals surface area contributed by atoms with Gasteiger partial charge in [-0.05, 0) is 37.6 Å². The molecule has 5 nitrogen and oxygen atoms in total. The Balaban J connectivity index is 2.42. The van der Waals surface area contributed by atoms with E-state index >= 15 is 0 Å². The van der Waals surface area contributed by atoms with Crippen LogP contribution in [0.1, 0.15) is 20.3 Å². The zero-order chi connectivity index (χ0) is 14.3. The van der Waals surface area contributed by atoms with Gasteiger partial charge in [-0.3, -0.25) is 4.79 Å². The van der Waals surface area contributed by atoms with Crippen LogP contribution in [-0.2, 0) is 4.79 Å². The molecule has 0 aliphatic heterocycles. The largest absolute Gasteiger partial charge is 0.354 e. The summed E-state index contributed by atoms with van der Waals surface area (Å²) in [5.74, 6) is -0.616. The highest BCUT2D eigenvalue weighted by Gasteiger charge is 2.14. The number of urea groups is 1. The van der Waals surface area contributed by atoms with Gasteiger partial charge < -0.3 is 16.0 Å². The molecular weight excluding hydrogens is 249 g/mol. The van der Waals surface area contributed by atoms with Crippen molar-refractivity contribution in [3.8, 4) is 0 Å². The molecule has 1 rings (SSSR count). The van der Waals surface area contributed by atoms with E-state index in [1.807, 2.05) is 6.92 Å². The third-order valence-electron chi connectivity index (χ3n) is 2.39. The van der Waals surface area contributed by atoms with Crippen LogP contribution in [0.4, 0.5) is 14.9 Å². The molecule has 0 aromatic heterocycles. The first-order chi connectivity index (χ1) is 9.02. The number of carbonyl (C=O) groups is 2. The standard InChI is InChI=1S/C13H18FN3O2/c1-3-8-15-12(18)9(2)16-13(19)17-11-6-4-10(14)5-7-11/h4-7,9H,3,8H2,1-2H3,(H,15,18)(H2,16,17,19)/t9-/m0/s1. The number of anilines is 1. The quantitative estimate of drug-likeness (QED) is 0.762. The molecule has 0 aliphatic carbocycles. The molecular formula is C13H18FN3O2. The minimum atomic E-state index is -0.632. The number of benzene rings is 1. The van der Waals surface area contributed by atoms with E-state index in [-0.39, 0.29) is 11.7 Å². The fourth-order valence-electron chi connectivity index (χ4n) is 1.36. The Kier molecular flexibility index (Phi) is 5.78. The molecule has 0 aliphatic rings. The van der Waals surface area contributed by atoms with Crippen LogP contribution in [0.3, 0.4) is 0 Å². The Morgan fingerprint density at radius 1 is 1.26 bits per heavy atom. The van der Waals surface area contributed by atoms with Gasteiger partial charge >= 0.3 is 6.03 Å². The van der Waals surface area contributed by atoms with Crippen molar-refractivity contribution in [2.45, 2.75) is 26.3 Å². The second-order valence-corrected chi connectivity index (χ2v) is 4.12. The molecule has 0 spiro atoms. The minimum absolute atomic E-state index is 0.240. The molecule has 1 atom stereocenters. The number of nitrogens with one attached hydrogen (secondary N) is 3. The Morgan fingerprint density at radius 2 is 1.89 bits per heavy atom. The molecule has 0 saturated carbocycles. The molecule has 0 unspecified atom stereocenters. The van der Waals surface area contributed by atoms with E-state index in [2.05, 4.69) is 16.0 Å². The van der Waals surface area contributed by atoms with Gasteiger partial charge in [0.2, 0.25) is 5.91 Å². The lowest BCUT2D eigenvalue weighted by Crippen LogP contribution is -2.46. The van der Waals surface area contributed by atoms with Crippen molar-refractivity contribution in [3.05, 3.63) is 30.1 Å². The number of halogens is 1. The van der Waals surface area contributed by atoms with Crippen molar-refractivity contribution in [1.82, 2.24) is 10.6 Å². The Hall–Kier alpha value is -2.11. The van der Waals surface area contributed by atoms with Crippen LogP contribution in [-0.4, -0.2) is 24.5 Å². The van der Waals surface area contributed by atoms with E-state index in [9.17, 15) is 14.0 Å². The van der Waals surface area contributed by atoms with E-state index in [0.29, 0.717) is 12.2 Å². The first-order valence-electron chi connectivity index (χ1n) is 6.13.